The van der Waals surface area contributed by atoms with Crippen LogP contribution in [-0.2, 0) is 4.74 Å². The van der Waals surface area contributed by atoms with Crippen LogP contribution in [0.4, 0.5) is 0 Å². The maximum atomic E-state index is 5.74. The quantitative estimate of drug-likeness (QED) is 0.572. The molecule has 1 rings (SSSR count). The van der Waals surface area contributed by atoms with E-state index in [-0.39, 0.29) is 5.60 Å². The third-order valence-electron chi connectivity index (χ3n) is 3.42. The molecule has 13 heavy (non-hydrogen) atoms. The summed E-state index contributed by atoms with van der Waals surface area (Å²) in [6.45, 7) is 9.11. The normalized spacial score (nSPS) is 34.6. The van der Waals surface area contributed by atoms with Crippen LogP contribution in [0.15, 0.2) is 0 Å². The Hall–Kier alpha value is -0.0400. The number of hydrogen-bond donors (Lipinski definition) is 0. The second kappa shape index (κ2) is 4.45. The molecule has 3 atom stereocenters. The minimum atomic E-state index is 0.249. The van der Waals surface area contributed by atoms with Gasteiger partial charge in [-0.05, 0) is 32.1 Å². The van der Waals surface area contributed by atoms with Crippen LogP contribution < -0.4 is 0 Å². The van der Waals surface area contributed by atoms with Crippen molar-refractivity contribution in [3.8, 4) is 0 Å². The monoisotopic (exact) mass is 184 g/mol. The van der Waals surface area contributed by atoms with E-state index in [1.807, 2.05) is 0 Å². The summed E-state index contributed by atoms with van der Waals surface area (Å²) in [5.41, 5.74) is 0.249. The highest BCUT2D eigenvalue weighted by Crippen LogP contribution is 2.43. The van der Waals surface area contributed by atoms with E-state index in [0.29, 0.717) is 6.10 Å². The van der Waals surface area contributed by atoms with Crippen molar-refractivity contribution >= 4 is 0 Å². The lowest BCUT2D eigenvalue weighted by atomic mass is 9.93. The van der Waals surface area contributed by atoms with Crippen molar-refractivity contribution in [1.29, 1.82) is 0 Å². The summed E-state index contributed by atoms with van der Waals surface area (Å²) >= 11 is 0. The molecule has 3 unspecified atom stereocenters. The molecular formula is C12H24O. The van der Waals surface area contributed by atoms with Crippen LogP contribution in [0.2, 0.25) is 0 Å². The molecule has 0 spiro atoms. The van der Waals surface area contributed by atoms with Gasteiger partial charge in [0, 0.05) is 0 Å². The van der Waals surface area contributed by atoms with E-state index in [2.05, 4.69) is 27.7 Å². The van der Waals surface area contributed by atoms with Crippen molar-refractivity contribution in [2.24, 2.45) is 5.92 Å². The second-order valence-electron chi connectivity index (χ2n) is 4.76. The molecule has 1 aliphatic rings. The lowest BCUT2D eigenvalue weighted by Gasteiger charge is -2.10. The number of ether oxygens (including phenoxy) is 1. The first-order chi connectivity index (χ1) is 6.12. The lowest BCUT2D eigenvalue weighted by molar-refractivity contribution is 0.278. The SMILES string of the molecule is CCCC1OC1(C)CCC(C)CC. The van der Waals surface area contributed by atoms with Gasteiger partial charge in [-0.15, -0.1) is 0 Å². The van der Waals surface area contributed by atoms with Crippen molar-refractivity contribution < 1.29 is 4.74 Å². The summed E-state index contributed by atoms with van der Waals surface area (Å²) < 4.78 is 5.74. The number of epoxide rings is 1. The molecule has 0 saturated carbocycles. The van der Waals surface area contributed by atoms with Crippen molar-refractivity contribution in [2.75, 3.05) is 0 Å². The largest absolute Gasteiger partial charge is 0.366 e. The van der Waals surface area contributed by atoms with Gasteiger partial charge < -0.3 is 4.74 Å². The predicted molar refractivity (Wildman–Crippen MR) is 56.9 cm³/mol. The maximum absolute atomic E-state index is 5.74. The summed E-state index contributed by atoms with van der Waals surface area (Å²) in [6, 6.07) is 0. The van der Waals surface area contributed by atoms with Crippen LogP contribution in [0.1, 0.15) is 59.8 Å². The molecule has 0 N–H and O–H groups in total. The Morgan fingerprint density at radius 3 is 2.62 bits per heavy atom. The van der Waals surface area contributed by atoms with Crippen molar-refractivity contribution in [2.45, 2.75) is 71.5 Å². The van der Waals surface area contributed by atoms with Crippen LogP contribution in [0.25, 0.3) is 0 Å². The molecule has 1 saturated heterocycles. The smallest absolute Gasteiger partial charge is 0.0920 e. The average molecular weight is 184 g/mol. The minimum absolute atomic E-state index is 0.249. The molecule has 0 aromatic heterocycles. The lowest BCUT2D eigenvalue weighted by Crippen LogP contribution is -2.11. The first-order valence-corrected chi connectivity index (χ1v) is 5.80. The zero-order chi connectivity index (χ0) is 9.90. The molecule has 0 radical (unpaired) electrons. The summed E-state index contributed by atoms with van der Waals surface area (Å²) in [6.07, 6.45) is 6.95. The molecule has 0 bridgehead atoms. The Kier molecular flexibility index (Phi) is 3.78. The fraction of sp³-hybridized carbons (Fsp3) is 1.00. The van der Waals surface area contributed by atoms with Gasteiger partial charge in [0.1, 0.15) is 0 Å². The van der Waals surface area contributed by atoms with E-state index in [1.165, 1.54) is 32.1 Å². The number of hydrogen-bond acceptors (Lipinski definition) is 1. The van der Waals surface area contributed by atoms with Crippen LogP contribution in [0.3, 0.4) is 0 Å². The topological polar surface area (TPSA) is 12.5 Å². The Labute approximate surface area is 82.9 Å². The molecule has 1 heteroatoms. The fourth-order valence-corrected chi connectivity index (χ4v) is 1.87. The van der Waals surface area contributed by atoms with Crippen molar-refractivity contribution in [3.05, 3.63) is 0 Å². The van der Waals surface area contributed by atoms with Crippen molar-refractivity contribution in [1.82, 2.24) is 0 Å². The van der Waals surface area contributed by atoms with Gasteiger partial charge in [0.15, 0.2) is 0 Å². The molecule has 0 aromatic rings. The van der Waals surface area contributed by atoms with E-state index < -0.39 is 0 Å². The Morgan fingerprint density at radius 1 is 1.38 bits per heavy atom. The molecule has 1 nitrogen and oxygen atoms in total. The highest BCUT2D eigenvalue weighted by atomic mass is 16.6. The Balaban J connectivity index is 2.16. The zero-order valence-corrected chi connectivity index (χ0v) is 9.60. The van der Waals surface area contributed by atoms with E-state index in [4.69, 9.17) is 4.74 Å². The van der Waals surface area contributed by atoms with Crippen LogP contribution in [-0.4, -0.2) is 11.7 Å². The first-order valence-electron chi connectivity index (χ1n) is 5.80. The fourth-order valence-electron chi connectivity index (χ4n) is 1.87. The van der Waals surface area contributed by atoms with E-state index in [0.717, 1.165) is 5.92 Å². The summed E-state index contributed by atoms with van der Waals surface area (Å²) in [7, 11) is 0. The maximum Gasteiger partial charge on any atom is 0.0920 e. The molecular weight excluding hydrogens is 160 g/mol. The van der Waals surface area contributed by atoms with E-state index in [1.54, 1.807) is 0 Å². The van der Waals surface area contributed by atoms with Crippen LogP contribution >= 0.6 is 0 Å². The van der Waals surface area contributed by atoms with Gasteiger partial charge in [0.05, 0.1) is 11.7 Å². The molecule has 1 heterocycles. The molecule has 78 valence electrons. The highest BCUT2D eigenvalue weighted by Gasteiger charge is 2.50. The van der Waals surface area contributed by atoms with E-state index in [9.17, 15) is 0 Å². The third kappa shape index (κ3) is 2.98. The van der Waals surface area contributed by atoms with Crippen LogP contribution in [0, 0.1) is 5.92 Å². The van der Waals surface area contributed by atoms with Gasteiger partial charge in [0.25, 0.3) is 0 Å². The summed E-state index contributed by atoms with van der Waals surface area (Å²) in [4.78, 5) is 0. The molecule has 0 amide bonds. The Morgan fingerprint density at radius 2 is 2.08 bits per heavy atom. The van der Waals surface area contributed by atoms with Gasteiger partial charge in [0.2, 0.25) is 0 Å². The first kappa shape index (κ1) is 11.0. The van der Waals surface area contributed by atoms with Crippen molar-refractivity contribution in [3.63, 3.8) is 0 Å². The van der Waals surface area contributed by atoms with E-state index >= 15 is 0 Å². The summed E-state index contributed by atoms with van der Waals surface area (Å²) in [5, 5.41) is 0. The summed E-state index contributed by atoms with van der Waals surface area (Å²) in [5.74, 6) is 0.864. The molecule has 1 fully saturated rings. The Bertz CT molecular complexity index is 155. The second-order valence-corrected chi connectivity index (χ2v) is 4.76. The predicted octanol–water partition coefficient (Wildman–Crippen LogP) is 3.77. The van der Waals surface area contributed by atoms with Gasteiger partial charge >= 0.3 is 0 Å². The van der Waals surface area contributed by atoms with Gasteiger partial charge in [-0.1, -0.05) is 33.6 Å². The van der Waals surface area contributed by atoms with Crippen LogP contribution in [0.5, 0.6) is 0 Å². The number of rotatable bonds is 6. The average Bonchev–Trinajstić information content (AvgIpc) is 2.75. The van der Waals surface area contributed by atoms with Gasteiger partial charge in [-0.25, -0.2) is 0 Å². The standard InChI is InChI=1S/C12H24O/c1-5-7-11-12(4,13-11)9-8-10(3)6-2/h10-11H,5-9H2,1-4H3. The van der Waals surface area contributed by atoms with Gasteiger partial charge in [-0.3, -0.25) is 0 Å². The third-order valence-corrected chi connectivity index (χ3v) is 3.42. The molecule has 0 aliphatic carbocycles. The zero-order valence-electron chi connectivity index (χ0n) is 9.60. The minimum Gasteiger partial charge on any atom is -0.366 e. The molecule has 0 aromatic carbocycles. The highest BCUT2D eigenvalue weighted by molar-refractivity contribution is 4.98. The van der Waals surface area contributed by atoms with Gasteiger partial charge in [-0.2, -0.15) is 0 Å². The molecule has 1 aliphatic heterocycles.